The van der Waals surface area contributed by atoms with E-state index in [4.69, 9.17) is 5.26 Å². The second kappa shape index (κ2) is 5.49. The number of rotatable bonds is 0. The van der Waals surface area contributed by atoms with Crippen molar-refractivity contribution in [3.8, 4) is 17.9 Å². The van der Waals surface area contributed by atoms with Crippen LogP contribution in [0.3, 0.4) is 0 Å². The zero-order chi connectivity index (χ0) is 13.0. The molecule has 1 heterocycles. The molecule has 0 N–H and O–H groups in total. The molecule has 18 heavy (non-hydrogen) atoms. The predicted octanol–water partition coefficient (Wildman–Crippen LogP) is 3.42. The summed E-state index contributed by atoms with van der Waals surface area (Å²) in [6, 6.07) is 11.3. The molecule has 2 nitrogen and oxygen atoms in total. The van der Waals surface area contributed by atoms with Gasteiger partial charge in [0.25, 0.3) is 0 Å². The molecule has 86 valence electrons. The van der Waals surface area contributed by atoms with Crippen LogP contribution in [0.1, 0.15) is 22.4 Å². The first-order chi connectivity index (χ1) is 8.67. The van der Waals surface area contributed by atoms with Crippen LogP contribution in [0.15, 0.2) is 41.0 Å². The van der Waals surface area contributed by atoms with Gasteiger partial charge >= 0.3 is 0 Å². The zero-order valence-corrected chi connectivity index (χ0v) is 11.3. The molecule has 0 saturated heterocycles. The van der Waals surface area contributed by atoms with Crippen molar-refractivity contribution >= 4 is 15.9 Å². The van der Waals surface area contributed by atoms with Gasteiger partial charge in [0, 0.05) is 16.2 Å². The monoisotopic (exact) mass is 296 g/mol. The largest absolute Gasteiger partial charge is 0.248 e. The molecule has 0 spiro atoms. The quantitative estimate of drug-likeness (QED) is 0.699. The highest BCUT2D eigenvalue weighted by Gasteiger charge is 1.96. The lowest BCUT2D eigenvalue weighted by Crippen LogP contribution is -1.83. The Labute approximate surface area is 114 Å². The Hall–Kier alpha value is -2.10. The highest BCUT2D eigenvalue weighted by atomic mass is 79.9. The van der Waals surface area contributed by atoms with Crippen molar-refractivity contribution in [1.29, 1.82) is 5.26 Å². The van der Waals surface area contributed by atoms with Gasteiger partial charge < -0.3 is 0 Å². The Kier molecular flexibility index (Phi) is 3.77. The van der Waals surface area contributed by atoms with E-state index >= 15 is 0 Å². The van der Waals surface area contributed by atoms with E-state index in [9.17, 15) is 0 Å². The van der Waals surface area contributed by atoms with Crippen LogP contribution in [0.5, 0.6) is 0 Å². The summed E-state index contributed by atoms with van der Waals surface area (Å²) >= 11 is 3.36. The van der Waals surface area contributed by atoms with E-state index in [0.717, 1.165) is 21.3 Å². The molecule has 1 aromatic carbocycles. The second-order valence-electron chi connectivity index (χ2n) is 3.81. The summed E-state index contributed by atoms with van der Waals surface area (Å²) < 4.78 is 0.850. The molecule has 2 rings (SSSR count). The lowest BCUT2D eigenvalue weighted by Gasteiger charge is -1.95. The summed E-state index contributed by atoms with van der Waals surface area (Å²) in [5.41, 5.74) is 3.21. The Morgan fingerprint density at radius 2 is 1.89 bits per heavy atom. The topological polar surface area (TPSA) is 36.7 Å². The SMILES string of the molecule is Cc1ccc(C#Cc2cc(Br)cc(C#N)c2)nc1. The molecule has 0 bridgehead atoms. The smallest absolute Gasteiger partial charge is 0.113 e. The van der Waals surface area contributed by atoms with Crippen LogP contribution in [-0.4, -0.2) is 4.98 Å². The van der Waals surface area contributed by atoms with Gasteiger partial charge in [-0.2, -0.15) is 5.26 Å². The molecular formula is C15H9BrN2. The number of aromatic nitrogens is 1. The Bertz CT molecular complexity index is 670. The minimum absolute atomic E-state index is 0.588. The van der Waals surface area contributed by atoms with Crippen molar-refractivity contribution in [1.82, 2.24) is 4.98 Å². The Morgan fingerprint density at radius 3 is 2.56 bits per heavy atom. The standard InChI is InChI=1S/C15H9BrN2/c1-11-2-4-15(18-10-11)5-3-12-6-13(9-17)8-14(16)7-12/h2,4,6-8,10H,1H3. The number of halogens is 1. The first-order valence-corrected chi connectivity index (χ1v) is 6.12. The fraction of sp³-hybridized carbons (Fsp3) is 0.0667. The van der Waals surface area contributed by atoms with Gasteiger partial charge in [0.2, 0.25) is 0 Å². The molecule has 0 unspecified atom stereocenters. The highest BCUT2D eigenvalue weighted by molar-refractivity contribution is 9.10. The van der Waals surface area contributed by atoms with E-state index in [0.29, 0.717) is 5.56 Å². The minimum atomic E-state index is 0.588. The molecule has 0 fully saturated rings. The van der Waals surface area contributed by atoms with E-state index in [1.54, 1.807) is 18.3 Å². The van der Waals surface area contributed by atoms with Gasteiger partial charge in [0.1, 0.15) is 5.69 Å². The molecule has 0 aliphatic heterocycles. The zero-order valence-electron chi connectivity index (χ0n) is 9.74. The lowest BCUT2D eigenvalue weighted by atomic mass is 10.1. The normalized spacial score (nSPS) is 9.17. The van der Waals surface area contributed by atoms with E-state index in [1.165, 1.54) is 0 Å². The van der Waals surface area contributed by atoms with Crippen LogP contribution >= 0.6 is 15.9 Å². The van der Waals surface area contributed by atoms with Crippen molar-refractivity contribution < 1.29 is 0 Å². The van der Waals surface area contributed by atoms with E-state index in [-0.39, 0.29) is 0 Å². The first kappa shape index (κ1) is 12.4. The van der Waals surface area contributed by atoms with E-state index in [1.807, 2.05) is 25.1 Å². The van der Waals surface area contributed by atoms with Crippen molar-refractivity contribution in [2.45, 2.75) is 6.92 Å². The lowest BCUT2D eigenvalue weighted by molar-refractivity contribution is 1.24. The number of aryl methyl sites for hydroxylation is 1. The van der Waals surface area contributed by atoms with Gasteiger partial charge in [-0.15, -0.1) is 0 Å². The maximum absolute atomic E-state index is 8.87. The summed E-state index contributed by atoms with van der Waals surface area (Å²) in [4.78, 5) is 4.21. The number of hydrogen-bond acceptors (Lipinski definition) is 2. The molecule has 0 saturated carbocycles. The number of nitrogens with zero attached hydrogens (tertiary/aromatic N) is 2. The first-order valence-electron chi connectivity index (χ1n) is 5.33. The third-order valence-corrected chi connectivity index (χ3v) is 2.73. The number of pyridine rings is 1. The Morgan fingerprint density at radius 1 is 1.11 bits per heavy atom. The molecule has 2 aromatic rings. The van der Waals surface area contributed by atoms with Gasteiger partial charge in [-0.3, -0.25) is 0 Å². The maximum Gasteiger partial charge on any atom is 0.113 e. The number of benzene rings is 1. The molecule has 0 aliphatic carbocycles. The second-order valence-corrected chi connectivity index (χ2v) is 4.73. The number of hydrogen-bond donors (Lipinski definition) is 0. The van der Waals surface area contributed by atoms with Crippen LogP contribution in [0, 0.1) is 30.1 Å². The predicted molar refractivity (Wildman–Crippen MR) is 73.8 cm³/mol. The van der Waals surface area contributed by atoms with E-state index in [2.05, 4.69) is 38.8 Å². The van der Waals surface area contributed by atoms with Crippen LogP contribution in [0.2, 0.25) is 0 Å². The van der Waals surface area contributed by atoms with Gasteiger partial charge in [0.05, 0.1) is 11.6 Å². The fourth-order valence-electron chi connectivity index (χ4n) is 1.40. The summed E-state index contributed by atoms with van der Waals surface area (Å²) in [5, 5.41) is 8.87. The van der Waals surface area contributed by atoms with Crippen molar-refractivity contribution in [3.63, 3.8) is 0 Å². The van der Waals surface area contributed by atoms with Gasteiger partial charge in [0.15, 0.2) is 0 Å². The van der Waals surface area contributed by atoms with Crippen molar-refractivity contribution in [2.24, 2.45) is 0 Å². The molecule has 0 aliphatic rings. The molecule has 3 heteroatoms. The third-order valence-electron chi connectivity index (χ3n) is 2.27. The van der Waals surface area contributed by atoms with Gasteiger partial charge in [-0.05, 0) is 42.7 Å². The Balaban J connectivity index is 2.33. The third kappa shape index (κ3) is 3.20. The fourth-order valence-corrected chi connectivity index (χ4v) is 1.90. The molecular weight excluding hydrogens is 288 g/mol. The van der Waals surface area contributed by atoms with Crippen molar-refractivity contribution in [3.05, 3.63) is 63.4 Å². The highest BCUT2D eigenvalue weighted by Crippen LogP contribution is 2.14. The van der Waals surface area contributed by atoms with Crippen LogP contribution in [0.4, 0.5) is 0 Å². The van der Waals surface area contributed by atoms with Gasteiger partial charge in [-0.1, -0.05) is 27.9 Å². The summed E-state index contributed by atoms with van der Waals surface area (Å²) in [5.74, 6) is 5.98. The molecule has 0 amide bonds. The average molecular weight is 297 g/mol. The average Bonchev–Trinajstić information content (AvgIpc) is 2.37. The summed E-state index contributed by atoms with van der Waals surface area (Å²) in [6.07, 6.45) is 1.78. The van der Waals surface area contributed by atoms with Gasteiger partial charge in [-0.25, -0.2) is 4.98 Å². The number of nitriles is 1. The molecule has 1 aromatic heterocycles. The molecule has 0 radical (unpaired) electrons. The maximum atomic E-state index is 8.87. The molecule has 0 atom stereocenters. The van der Waals surface area contributed by atoms with Crippen LogP contribution in [-0.2, 0) is 0 Å². The summed E-state index contributed by atoms with van der Waals surface area (Å²) in [6.45, 7) is 1.98. The summed E-state index contributed by atoms with van der Waals surface area (Å²) in [7, 11) is 0. The van der Waals surface area contributed by atoms with E-state index < -0.39 is 0 Å². The van der Waals surface area contributed by atoms with Crippen LogP contribution in [0.25, 0.3) is 0 Å². The van der Waals surface area contributed by atoms with Crippen molar-refractivity contribution in [2.75, 3.05) is 0 Å². The minimum Gasteiger partial charge on any atom is -0.248 e. The van der Waals surface area contributed by atoms with Crippen LogP contribution < -0.4 is 0 Å².